The van der Waals surface area contributed by atoms with Gasteiger partial charge in [-0.2, -0.15) is 4.31 Å². The van der Waals surface area contributed by atoms with E-state index in [2.05, 4.69) is 0 Å². The Labute approximate surface area is 211 Å². The number of sulfonamides is 1. The normalized spacial score (nSPS) is 16.2. The van der Waals surface area contributed by atoms with Gasteiger partial charge in [-0.15, -0.1) is 0 Å². The van der Waals surface area contributed by atoms with Crippen LogP contribution in [0.25, 0.3) is 0 Å². The second-order valence-corrected chi connectivity index (χ2v) is 10.4. The van der Waals surface area contributed by atoms with Crippen LogP contribution in [0.5, 0.6) is 5.75 Å². The van der Waals surface area contributed by atoms with Crippen LogP contribution in [0.4, 0.5) is 5.69 Å². The van der Waals surface area contributed by atoms with Gasteiger partial charge in [0.25, 0.3) is 11.8 Å². The number of fused-ring (bicyclic) bond motifs is 1. The van der Waals surface area contributed by atoms with Crippen LogP contribution in [0.1, 0.15) is 31.1 Å². The van der Waals surface area contributed by atoms with E-state index in [0.717, 1.165) is 4.90 Å². The number of carbonyl (C=O) groups is 3. The molecule has 36 heavy (non-hydrogen) atoms. The molecule has 2 aliphatic rings. The fourth-order valence-electron chi connectivity index (χ4n) is 4.03. The maximum Gasteiger partial charge on any atom is 0.343 e. The molecule has 11 heteroatoms. The van der Waals surface area contributed by atoms with Crippen molar-refractivity contribution < 1.29 is 32.3 Å². The highest BCUT2D eigenvalue weighted by molar-refractivity contribution is 7.89. The van der Waals surface area contributed by atoms with Crippen molar-refractivity contribution in [1.82, 2.24) is 4.31 Å². The van der Waals surface area contributed by atoms with E-state index in [1.807, 2.05) is 0 Å². The first-order valence-corrected chi connectivity index (χ1v) is 12.8. The molecule has 0 saturated carbocycles. The molecule has 3 aromatic carbocycles. The van der Waals surface area contributed by atoms with Gasteiger partial charge in [-0.3, -0.25) is 9.59 Å². The topological polar surface area (TPSA) is 110 Å². The third kappa shape index (κ3) is 4.28. The third-order valence-electron chi connectivity index (χ3n) is 5.84. The van der Waals surface area contributed by atoms with Gasteiger partial charge in [-0.05, 0) is 42.5 Å². The second-order valence-electron chi connectivity index (χ2n) is 8.04. The highest BCUT2D eigenvalue weighted by atomic mass is 35.5. The minimum absolute atomic E-state index is 0.0225. The van der Waals surface area contributed by atoms with Gasteiger partial charge in [0.2, 0.25) is 10.0 Å². The first-order chi connectivity index (χ1) is 17.3. The minimum atomic E-state index is -3.95. The molecule has 0 atom stereocenters. The van der Waals surface area contributed by atoms with Gasteiger partial charge in [0.1, 0.15) is 10.6 Å². The Balaban J connectivity index is 1.39. The number of carbonyl (C=O) groups excluding carboxylic acids is 3. The summed E-state index contributed by atoms with van der Waals surface area (Å²) in [7, 11) is -3.95. The number of hydrogen-bond donors (Lipinski definition) is 0. The molecule has 9 nitrogen and oxygen atoms in total. The standard InChI is InChI=1S/C25H19ClN2O7S/c26-21-9-8-16(14-22(21)36(32,33)27-10-12-34-13-11-27)25(31)35-18-5-3-4-17(15-18)28-23(29)19-6-1-2-7-20(19)24(28)30/h1-9,14-15H,10-13H2. The van der Waals surface area contributed by atoms with E-state index in [0.29, 0.717) is 11.1 Å². The molecule has 3 aromatic rings. The van der Waals surface area contributed by atoms with E-state index in [-0.39, 0.29) is 53.2 Å². The molecule has 0 aromatic heterocycles. The Kier molecular flexibility index (Phi) is 6.35. The van der Waals surface area contributed by atoms with E-state index in [1.54, 1.807) is 30.3 Å². The van der Waals surface area contributed by atoms with Gasteiger partial charge >= 0.3 is 5.97 Å². The molecule has 5 rings (SSSR count). The van der Waals surface area contributed by atoms with Crippen LogP contribution in [0, 0.1) is 0 Å². The third-order valence-corrected chi connectivity index (χ3v) is 8.22. The number of morpholine rings is 1. The van der Waals surface area contributed by atoms with Gasteiger partial charge in [0.15, 0.2) is 0 Å². The summed E-state index contributed by atoms with van der Waals surface area (Å²) in [5, 5.41) is -0.0225. The summed E-state index contributed by atoms with van der Waals surface area (Å²) in [5.74, 6) is -1.71. The predicted molar refractivity (Wildman–Crippen MR) is 130 cm³/mol. The van der Waals surface area contributed by atoms with Gasteiger partial charge in [0.05, 0.1) is 40.6 Å². The SMILES string of the molecule is O=C(Oc1cccc(N2C(=O)c3ccccc3C2=O)c1)c1ccc(Cl)c(S(=O)(=O)N2CCOCC2)c1. The van der Waals surface area contributed by atoms with E-state index in [4.69, 9.17) is 21.1 Å². The molecule has 184 valence electrons. The van der Waals surface area contributed by atoms with Gasteiger partial charge in [0, 0.05) is 19.2 Å². The number of hydrogen-bond acceptors (Lipinski definition) is 7. The number of nitrogens with zero attached hydrogens (tertiary/aromatic N) is 2. The zero-order valence-corrected chi connectivity index (χ0v) is 20.3. The van der Waals surface area contributed by atoms with Crippen LogP contribution >= 0.6 is 11.6 Å². The molecule has 0 aliphatic carbocycles. The Morgan fingerprint density at radius 3 is 2.22 bits per heavy atom. The molecule has 2 amide bonds. The maximum absolute atomic E-state index is 13.1. The minimum Gasteiger partial charge on any atom is -0.423 e. The fourth-order valence-corrected chi connectivity index (χ4v) is 5.94. The van der Waals surface area contributed by atoms with Crippen LogP contribution in [-0.2, 0) is 14.8 Å². The van der Waals surface area contributed by atoms with Crippen molar-refractivity contribution in [3.63, 3.8) is 0 Å². The summed E-state index contributed by atoms with van der Waals surface area (Å²) in [6, 6.07) is 16.3. The molecule has 0 N–H and O–H groups in total. The van der Waals surface area contributed by atoms with E-state index in [1.165, 1.54) is 40.7 Å². The quantitative estimate of drug-likeness (QED) is 0.285. The van der Waals surface area contributed by atoms with Gasteiger partial charge < -0.3 is 9.47 Å². The van der Waals surface area contributed by atoms with Crippen LogP contribution in [0.3, 0.4) is 0 Å². The monoisotopic (exact) mass is 526 g/mol. The number of halogens is 1. The van der Waals surface area contributed by atoms with Crippen molar-refractivity contribution >= 4 is 45.1 Å². The maximum atomic E-state index is 13.1. The Bertz CT molecular complexity index is 1460. The Morgan fingerprint density at radius 2 is 1.56 bits per heavy atom. The van der Waals surface area contributed by atoms with Crippen molar-refractivity contribution in [2.24, 2.45) is 0 Å². The molecule has 1 fully saturated rings. The molecule has 2 aliphatic heterocycles. The number of ether oxygens (including phenoxy) is 2. The van der Waals surface area contributed by atoms with Crippen molar-refractivity contribution in [3.8, 4) is 5.75 Å². The molecule has 1 saturated heterocycles. The molecular formula is C25H19ClN2O7S. The summed E-state index contributed by atoms with van der Waals surface area (Å²) in [5.41, 5.74) is 0.788. The molecule has 0 unspecified atom stereocenters. The molecule has 2 heterocycles. The van der Waals surface area contributed by atoms with Crippen molar-refractivity contribution in [1.29, 1.82) is 0 Å². The lowest BCUT2D eigenvalue weighted by Gasteiger charge is -2.26. The first-order valence-electron chi connectivity index (χ1n) is 10.9. The first kappa shape index (κ1) is 24.1. The van der Waals surface area contributed by atoms with Crippen LogP contribution in [-0.4, -0.2) is 56.8 Å². The number of anilines is 1. The summed E-state index contributed by atoms with van der Waals surface area (Å²) in [6.07, 6.45) is 0. The summed E-state index contributed by atoms with van der Waals surface area (Å²) in [6.45, 7) is 0.889. The zero-order chi connectivity index (χ0) is 25.4. The molecule has 0 spiro atoms. The van der Waals surface area contributed by atoms with Gasteiger partial charge in [-0.1, -0.05) is 29.8 Å². The zero-order valence-electron chi connectivity index (χ0n) is 18.7. The molecule has 0 radical (unpaired) electrons. The highest BCUT2D eigenvalue weighted by Gasteiger charge is 2.36. The number of benzene rings is 3. The Hall–Kier alpha value is -3.57. The summed E-state index contributed by atoms with van der Waals surface area (Å²) >= 11 is 6.17. The second kappa shape index (κ2) is 9.47. The number of amides is 2. The van der Waals surface area contributed by atoms with Crippen molar-refractivity contribution in [3.05, 3.63) is 88.4 Å². The van der Waals surface area contributed by atoms with E-state index >= 15 is 0 Å². The van der Waals surface area contributed by atoms with Crippen LogP contribution in [0.2, 0.25) is 5.02 Å². The number of esters is 1. The average Bonchev–Trinajstić information content (AvgIpc) is 3.14. The van der Waals surface area contributed by atoms with Crippen LogP contribution in [0.15, 0.2) is 71.6 Å². The number of rotatable bonds is 5. The van der Waals surface area contributed by atoms with Crippen LogP contribution < -0.4 is 9.64 Å². The van der Waals surface area contributed by atoms with Gasteiger partial charge in [-0.25, -0.2) is 18.1 Å². The fraction of sp³-hybridized carbons (Fsp3) is 0.160. The smallest absolute Gasteiger partial charge is 0.343 e. The van der Waals surface area contributed by atoms with E-state index < -0.39 is 27.8 Å². The van der Waals surface area contributed by atoms with Crippen molar-refractivity contribution in [2.45, 2.75) is 4.90 Å². The number of imide groups is 1. The molecular weight excluding hydrogens is 508 g/mol. The largest absolute Gasteiger partial charge is 0.423 e. The predicted octanol–water partition coefficient (Wildman–Crippen LogP) is 3.38. The average molecular weight is 527 g/mol. The lowest BCUT2D eigenvalue weighted by molar-refractivity contribution is 0.0727. The van der Waals surface area contributed by atoms with E-state index in [9.17, 15) is 22.8 Å². The summed E-state index contributed by atoms with van der Waals surface area (Å²) in [4.78, 5) is 39.2. The lowest BCUT2D eigenvalue weighted by Crippen LogP contribution is -2.40. The Morgan fingerprint density at radius 1 is 0.889 bits per heavy atom. The van der Waals surface area contributed by atoms with Crippen molar-refractivity contribution in [2.75, 3.05) is 31.2 Å². The summed E-state index contributed by atoms with van der Waals surface area (Å²) < 4.78 is 38.0. The molecule has 0 bridgehead atoms. The highest BCUT2D eigenvalue weighted by Crippen LogP contribution is 2.31. The lowest BCUT2D eigenvalue weighted by atomic mass is 10.1.